The molecule has 0 amide bonds. The van der Waals surface area contributed by atoms with Gasteiger partial charge in [0.2, 0.25) is 0 Å². The van der Waals surface area contributed by atoms with Gasteiger partial charge in [0.15, 0.2) is 0 Å². The normalized spacial score (nSPS) is 17.5. The molecule has 2 aromatic rings. The van der Waals surface area contributed by atoms with Crippen LogP contribution in [0.4, 0.5) is 11.4 Å². The SMILES string of the molecule is COc1ccc(N=CC=C2N(C)c3c(C)cccc3C2(C)C)cc1. The van der Waals surface area contributed by atoms with Gasteiger partial charge in [-0.05, 0) is 48.4 Å². The summed E-state index contributed by atoms with van der Waals surface area (Å²) >= 11 is 0. The van der Waals surface area contributed by atoms with Gasteiger partial charge >= 0.3 is 0 Å². The van der Waals surface area contributed by atoms with Gasteiger partial charge in [-0.25, -0.2) is 0 Å². The fourth-order valence-electron chi connectivity index (χ4n) is 3.47. The van der Waals surface area contributed by atoms with Crippen molar-refractivity contribution in [3.8, 4) is 5.75 Å². The molecule has 24 heavy (non-hydrogen) atoms. The average molecular weight is 320 g/mol. The minimum atomic E-state index is -0.0258. The number of allylic oxidation sites excluding steroid dienone is 2. The first kappa shape index (κ1) is 16.3. The fraction of sp³-hybridized carbons (Fsp3) is 0.286. The number of ether oxygens (including phenoxy) is 1. The van der Waals surface area contributed by atoms with Crippen LogP contribution in [-0.2, 0) is 5.41 Å². The molecule has 0 saturated carbocycles. The van der Waals surface area contributed by atoms with E-state index in [2.05, 4.69) is 62.0 Å². The van der Waals surface area contributed by atoms with E-state index in [0.29, 0.717) is 0 Å². The average Bonchev–Trinajstić information content (AvgIpc) is 2.77. The first-order chi connectivity index (χ1) is 11.4. The number of rotatable bonds is 3. The van der Waals surface area contributed by atoms with Crippen LogP contribution >= 0.6 is 0 Å². The highest BCUT2D eigenvalue weighted by molar-refractivity contribution is 5.81. The molecule has 1 aliphatic rings. The minimum absolute atomic E-state index is 0.0258. The van der Waals surface area contributed by atoms with Crippen LogP contribution < -0.4 is 9.64 Å². The zero-order valence-corrected chi connectivity index (χ0v) is 15.0. The van der Waals surface area contributed by atoms with Crippen molar-refractivity contribution in [1.82, 2.24) is 0 Å². The lowest BCUT2D eigenvalue weighted by Gasteiger charge is -2.23. The molecule has 1 heterocycles. The lowest BCUT2D eigenvalue weighted by Crippen LogP contribution is -2.23. The third kappa shape index (κ3) is 2.71. The Kier molecular flexibility index (Phi) is 4.18. The predicted molar refractivity (Wildman–Crippen MR) is 102 cm³/mol. The molecule has 124 valence electrons. The molecule has 0 saturated heterocycles. The van der Waals surface area contributed by atoms with Crippen molar-refractivity contribution >= 4 is 17.6 Å². The number of anilines is 1. The van der Waals surface area contributed by atoms with Crippen molar-refractivity contribution in [2.24, 2.45) is 4.99 Å². The molecule has 0 N–H and O–H groups in total. The number of nitrogens with zero attached hydrogens (tertiary/aromatic N) is 2. The molecule has 0 spiro atoms. The van der Waals surface area contributed by atoms with Gasteiger partial charge in [0.05, 0.1) is 12.8 Å². The molecule has 0 aromatic heterocycles. The molecule has 1 aliphatic heterocycles. The largest absolute Gasteiger partial charge is 0.497 e. The van der Waals surface area contributed by atoms with Gasteiger partial charge in [-0.1, -0.05) is 32.0 Å². The van der Waals surface area contributed by atoms with E-state index >= 15 is 0 Å². The van der Waals surface area contributed by atoms with E-state index in [1.807, 2.05) is 30.5 Å². The first-order valence-electron chi connectivity index (χ1n) is 8.18. The van der Waals surface area contributed by atoms with Crippen LogP contribution in [0, 0.1) is 6.92 Å². The number of hydrogen-bond donors (Lipinski definition) is 0. The van der Waals surface area contributed by atoms with Crippen LogP contribution in [0.1, 0.15) is 25.0 Å². The second-order valence-corrected chi connectivity index (χ2v) is 6.68. The molecular formula is C21H24N2O. The number of benzene rings is 2. The number of likely N-dealkylation sites (N-methyl/N-ethyl adjacent to an activating group) is 1. The van der Waals surface area contributed by atoms with Crippen molar-refractivity contribution < 1.29 is 4.74 Å². The zero-order valence-electron chi connectivity index (χ0n) is 15.0. The van der Waals surface area contributed by atoms with Crippen LogP contribution in [0.5, 0.6) is 5.75 Å². The quantitative estimate of drug-likeness (QED) is 0.742. The maximum absolute atomic E-state index is 5.17. The maximum Gasteiger partial charge on any atom is 0.119 e. The van der Waals surface area contributed by atoms with Gasteiger partial charge in [0.1, 0.15) is 5.75 Å². The molecule has 0 aliphatic carbocycles. The molecule has 2 aromatic carbocycles. The predicted octanol–water partition coefficient (Wildman–Crippen LogP) is 5.02. The highest BCUT2D eigenvalue weighted by Crippen LogP contribution is 2.47. The van der Waals surface area contributed by atoms with Crippen LogP contribution in [0.25, 0.3) is 0 Å². The Labute approximate surface area is 144 Å². The van der Waals surface area contributed by atoms with E-state index in [1.165, 1.54) is 22.5 Å². The van der Waals surface area contributed by atoms with Gasteiger partial charge in [-0.15, -0.1) is 0 Å². The summed E-state index contributed by atoms with van der Waals surface area (Å²) in [5, 5.41) is 0. The highest BCUT2D eigenvalue weighted by Gasteiger charge is 2.38. The Morgan fingerprint density at radius 2 is 1.79 bits per heavy atom. The van der Waals surface area contributed by atoms with Gasteiger partial charge < -0.3 is 9.64 Å². The summed E-state index contributed by atoms with van der Waals surface area (Å²) in [5.41, 5.74) is 6.13. The smallest absolute Gasteiger partial charge is 0.119 e. The van der Waals surface area contributed by atoms with Gasteiger partial charge in [0.25, 0.3) is 0 Å². The summed E-state index contributed by atoms with van der Waals surface area (Å²) in [5.74, 6) is 0.842. The van der Waals surface area contributed by atoms with Crippen LogP contribution in [0.15, 0.2) is 59.2 Å². The second-order valence-electron chi connectivity index (χ2n) is 6.68. The van der Waals surface area contributed by atoms with E-state index in [-0.39, 0.29) is 5.41 Å². The van der Waals surface area contributed by atoms with E-state index in [4.69, 9.17) is 4.74 Å². The van der Waals surface area contributed by atoms with E-state index in [0.717, 1.165) is 11.4 Å². The number of hydrogen-bond acceptors (Lipinski definition) is 3. The Hall–Kier alpha value is -2.55. The molecule has 0 fully saturated rings. The molecular weight excluding hydrogens is 296 g/mol. The number of methoxy groups -OCH3 is 1. The summed E-state index contributed by atoms with van der Waals surface area (Å²) in [6.07, 6.45) is 4.00. The summed E-state index contributed by atoms with van der Waals surface area (Å²) in [6, 6.07) is 14.3. The number of aliphatic imine (C=N–C) groups is 1. The third-order valence-electron chi connectivity index (χ3n) is 4.78. The van der Waals surface area contributed by atoms with E-state index in [9.17, 15) is 0 Å². The van der Waals surface area contributed by atoms with Crippen LogP contribution in [0.3, 0.4) is 0 Å². The fourth-order valence-corrected chi connectivity index (χ4v) is 3.47. The second kappa shape index (κ2) is 6.16. The van der Waals surface area contributed by atoms with Gasteiger partial charge in [-0.2, -0.15) is 0 Å². The number of fused-ring (bicyclic) bond motifs is 1. The van der Waals surface area contributed by atoms with E-state index in [1.54, 1.807) is 7.11 Å². The summed E-state index contributed by atoms with van der Waals surface area (Å²) in [6.45, 7) is 6.70. The van der Waals surface area contributed by atoms with Gasteiger partial charge in [0, 0.05) is 30.1 Å². The van der Waals surface area contributed by atoms with Crippen molar-refractivity contribution in [3.05, 3.63) is 65.4 Å². The molecule has 3 heteroatoms. The highest BCUT2D eigenvalue weighted by atomic mass is 16.5. The third-order valence-corrected chi connectivity index (χ3v) is 4.78. The van der Waals surface area contributed by atoms with Crippen molar-refractivity contribution in [2.45, 2.75) is 26.2 Å². The molecule has 3 nitrogen and oxygen atoms in total. The lowest BCUT2D eigenvalue weighted by molar-refractivity contribution is 0.415. The first-order valence-corrected chi connectivity index (χ1v) is 8.18. The molecule has 0 unspecified atom stereocenters. The Balaban J connectivity index is 1.90. The Morgan fingerprint density at radius 3 is 2.42 bits per heavy atom. The Bertz CT molecular complexity index is 801. The van der Waals surface area contributed by atoms with Crippen LogP contribution in [-0.4, -0.2) is 20.4 Å². The van der Waals surface area contributed by atoms with Crippen molar-refractivity contribution in [3.63, 3.8) is 0 Å². The molecule has 0 atom stereocenters. The van der Waals surface area contributed by atoms with E-state index < -0.39 is 0 Å². The van der Waals surface area contributed by atoms with Crippen molar-refractivity contribution in [1.29, 1.82) is 0 Å². The molecule has 3 rings (SSSR count). The Morgan fingerprint density at radius 1 is 1.08 bits per heavy atom. The van der Waals surface area contributed by atoms with Gasteiger partial charge in [-0.3, -0.25) is 4.99 Å². The summed E-state index contributed by atoms with van der Waals surface area (Å²) in [7, 11) is 3.80. The maximum atomic E-state index is 5.17. The lowest BCUT2D eigenvalue weighted by atomic mass is 9.83. The minimum Gasteiger partial charge on any atom is -0.497 e. The van der Waals surface area contributed by atoms with Crippen LogP contribution in [0.2, 0.25) is 0 Å². The number of aryl methyl sites for hydroxylation is 1. The zero-order chi connectivity index (χ0) is 17.3. The monoisotopic (exact) mass is 320 g/mol. The number of para-hydroxylation sites is 1. The molecule has 0 bridgehead atoms. The summed E-state index contributed by atoms with van der Waals surface area (Å²) in [4.78, 5) is 6.83. The topological polar surface area (TPSA) is 24.8 Å². The molecule has 0 radical (unpaired) electrons. The summed E-state index contributed by atoms with van der Waals surface area (Å²) < 4.78 is 5.17. The standard InChI is InChI=1S/C21H24N2O/c1-15-7-6-8-18-20(15)23(4)19(21(18,2)3)13-14-22-16-9-11-17(24-5)12-10-16/h6-14H,1-5H3. The van der Waals surface area contributed by atoms with Crippen molar-refractivity contribution in [2.75, 3.05) is 19.1 Å².